The molecule has 0 heteroatoms. The van der Waals surface area contributed by atoms with Crippen LogP contribution in [-0.4, -0.2) is 0 Å². The minimum Gasteiger partial charge on any atom is -0.0533 e. The van der Waals surface area contributed by atoms with E-state index in [-0.39, 0.29) is 1.43 Å². The molecule has 0 bridgehead atoms. The molecule has 0 amide bonds. The summed E-state index contributed by atoms with van der Waals surface area (Å²) in [5, 5.41) is 0. The molecule has 0 heterocycles. The van der Waals surface area contributed by atoms with E-state index >= 15 is 0 Å². The Morgan fingerprint density at radius 1 is 0.600 bits per heavy atom. The predicted octanol–water partition coefficient (Wildman–Crippen LogP) is 2.06. The van der Waals surface area contributed by atoms with Crippen LogP contribution >= 0.6 is 0 Å². The van der Waals surface area contributed by atoms with Gasteiger partial charge in [0.15, 0.2) is 0 Å². The van der Waals surface area contributed by atoms with E-state index in [0.29, 0.717) is 0 Å². The third-order valence-corrected chi connectivity index (χ3v) is 1.25. The maximum Gasteiger partial charge on any atom is 1.00 e. The lowest BCUT2D eigenvalue weighted by molar-refractivity contribution is 0.886. The van der Waals surface area contributed by atoms with Crippen molar-refractivity contribution in [3.05, 3.63) is 0 Å². The van der Waals surface area contributed by atoms with Gasteiger partial charge in [-0.25, -0.2) is 0 Å². The van der Waals surface area contributed by atoms with Crippen LogP contribution in [0.4, 0.5) is 0 Å². The molecular weight excluding hydrogens is 60.1 g/mol. The highest BCUT2D eigenvalue weighted by Gasteiger charge is 1.95. The van der Waals surface area contributed by atoms with Gasteiger partial charge in [0, 0.05) is 0 Å². The van der Waals surface area contributed by atoms with Crippen LogP contribution in [0.1, 0.15) is 33.5 Å². The fourth-order valence-corrected chi connectivity index (χ4v) is 0.884. The van der Waals surface area contributed by atoms with Crippen LogP contribution in [0.3, 0.4) is 0 Å². The second-order valence-corrected chi connectivity index (χ2v) is 1.77. The number of rotatable bonds is 0. The Labute approximate surface area is 34.7 Å². The SMILES string of the molecule is C1CCCC1.[H+]. The predicted molar refractivity (Wildman–Crippen MR) is 24.2 cm³/mol. The summed E-state index contributed by atoms with van der Waals surface area (Å²) in [6.07, 6.45) is 7.50. The fraction of sp³-hybridized carbons (Fsp3) is 1.00. The van der Waals surface area contributed by atoms with Crippen molar-refractivity contribution in [2.45, 2.75) is 32.1 Å². The van der Waals surface area contributed by atoms with Crippen LogP contribution in [0.15, 0.2) is 0 Å². The number of hydrogen-bond donors (Lipinski definition) is 0. The molecule has 30 valence electrons. The fourth-order valence-electron chi connectivity index (χ4n) is 0.884. The summed E-state index contributed by atoms with van der Waals surface area (Å²) in [7, 11) is 0. The molecule has 0 aromatic heterocycles. The summed E-state index contributed by atoms with van der Waals surface area (Å²) in [5.74, 6) is 0. The van der Waals surface area contributed by atoms with Crippen molar-refractivity contribution in [1.82, 2.24) is 0 Å². The highest BCUT2D eigenvalue weighted by molar-refractivity contribution is 4.51. The second kappa shape index (κ2) is 1.44. The van der Waals surface area contributed by atoms with Crippen molar-refractivity contribution in [3.63, 3.8) is 0 Å². The lowest BCUT2D eigenvalue weighted by Crippen LogP contribution is -1.47. The number of hydrogen-bond acceptors (Lipinski definition) is 0. The van der Waals surface area contributed by atoms with Crippen molar-refractivity contribution in [1.29, 1.82) is 0 Å². The highest BCUT2D eigenvalue weighted by atomic mass is 14.0. The van der Waals surface area contributed by atoms with E-state index in [1.54, 1.807) is 0 Å². The Hall–Kier alpha value is 0. The zero-order chi connectivity index (χ0) is 3.54. The van der Waals surface area contributed by atoms with Crippen LogP contribution in [0.2, 0.25) is 0 Å². The molecule has 0 N–H and O–H groups in total. The van der Waals surface area contributed by atoms with E-state index < -0.39 is 0 Å². The standard InChI is InChI=1S/C5H10/c1-2-4-5-3-1/h1-5H2/p+1. The smallest absolute Gasteiger partial charge is 0.0533 e. The average molecular weight is 71.1 g/mol. The summed E-state index contributed by atoms with van der Waals surface area (Å²) >= 11 is 0. The Morgan fingerprint density at radius 3 is 1.00 bits per heavy atom. The first-order valence-corrected chi connectivity index (χ1v) is 2.50. The van der Waals surface area contributed by atoms with Gasteiger partial charge in [0.25, 0.3) is 0 Å². The molecule has 1 aliphatic carbocycles. The molecule has 0 spiro atoms. The van der Waals surface area contributed by atoms with Crippen molar-refractivity contribution >= 4 is 0 Å². The quantitative estimate of drug-likeness (QED) is 0.410. The van der Waals surface area contributed by atoms with Crippen LogP contribution in [0.25, 0.3) is 0 Å². The lowest BCUT2D eigenvalue weighted by Gasteiger charge is -1.67. The molecule has 0 atom stereocenters. The Kier molecular flexibility index (Phi) is 0.922. The first kappa shape index (κ1) is 3.20. The van der Waals surface area contributed by atoms with Crippen molar-refractivity contribution in [2.75, 3.05) is 0 Å². The zero-order valence-corrected chi connectivity index (χ0v) is 3.54. The third-order valence-electron chi connectivity index (χ3n) is 1.25. The maximum atomic E-state index is 1.50. The van der Waals surface area contributed by atoms with Crippen LogP contribution in [-0.2, 0) is 0 Å². The lowest BCUT2D eigenvalue weighted by atomic mass is 10.4. The topological polar surface area (TPSA) is 0 Å². The molecule has 0 aliphatic heterocycles. The molecule has 1 saturated carbocycles. The molecule has 1 aliphatic rings. The largest absolute Gasteiger partial charge is 1.00 e. The van der Waals surface area contributed by atoms with E-state index in [0.717, 1.165) is 0 Å². The molecule has 0 saturated heterocycles. The zero-order valence-electron chi connectivity index (χ0n) is 4.54. The summed E-state index contributed by atoms with van der Waals surface area (Å²) < 4.78 is 0. The van der Waals surface area contributed by atoms with Gasteiger partial charge in [0.1, 0.15) is 0 Å². The third kappa shape index (κ3) is 0.640. The van der Waals surface area contributed by atoms with Gasteiger partial charge in [0.05, 0.1) is 0 Å². The molecular formula is C5H11+. The van der Waals surface area contributed by atoms with Crippen molar-refractivity contribution in [3.8, 4) is 0 Å². The molecule has 0 unspecified atom stereocenters. The van der Waals surface area contributed by atoms with E-state index in [1.807, 2.05) is 0 Å². The first-order valence-electron chi connectivity index (χ1n) is 2.50. The molecule has 5 heavy (non-hydrogen) atoms. The van der Waals surface area contributed by atoms with Gasteiger partial charge in [0.2, 0.25) is 0 Å². The Morgan fingerprint density at radius 2 is 0.800 bits per heavy atom. The Balaban J connectivity index is 0.000000250. The van der Waals surface area contributed by atoms with Gasteiger partial charge in [-0.3, -0.25) is 0 Å². The second-order valence-electron chi connectivity index (χ2n) is 1.77. The van der Waals surface area contributed by atoms with Gasteiger partial charge in [-0.2, -0.15) is 0 Å². The summed E-state index contributed by atoms with van der Waals surface area (Å²) in [5.41, 5.74) is 0. The van der Waals surface area contributed by atoms with Gasteiger partial charge in [-0.15, -0.1) is 0 Å². The van der Waals surface area contributed by atoms with E-state index in [4.69, 9.17) is 0 Å². The Bertz CT molecular complexity index is 15.5. The molecule has 0 aromatic rings. The van der Waals surface area contributed by atoms with E-state index in [2.05, 4.69) is 0 Å². The molecule has 0 aromatic carbocycles. The van der Waals surface area contributed by atoms with E-state index in [1.165, 1.54) is 32.1 Å². The summed E-state index contributed by atoms with van der Waals surface area (Å²) in [4.78, 5) is 0. The molecule has 1 rings (SSSR count). The molecule has 1 fully saturated rings. The minimum absolute atomic E-state index is 0. The minimum atomic E-state index is 0. The summed E-state index contributed by atoms with van der Waals surface area (Å²) in [6, 6.07) is 0. The monoisotopic (exact) mass is 71.1 g/mol. The van der Waals surface area contributed by atoms with Gasteiger partial charge in [-0.05, 0) is 0 Å². The maximum absolute atomic E-state index is 1.50. The normalized spacial score (nSPS) is 24.0. The van der Waals surface area contributed by atoms with Gasteiger partial charge >= 0.3 is 1.43 Å². The van der Waals surface area contributed by atoms with Crippen LogP contribution in [0, 0.1) is 0 Å². The molecule has 0 nitrogen and oxygen atoms in total. The van der Waals surface area contributed by atoms with Crippen molar-refractivity contribution < 1.29 is 1.43 Å². The van der Waals surface area contributed by atoms with Gasteiger partial charge in [-0.1, -0.05) is 32.1 Å². The first-order chi connectivity index (χ1) is 2.50. The summed E-state index contributed by atoms with van der Waals surface area (Å²) in [6.45, 7) is 0. The van der Waals surface area contributed by atoms with E-state index in [9.17, 15) is 0 Å². The van der Waals surface area contributed by atoms with Crippen LogP contribution < -0.4 is 0 Å². The van der Waals surface area contributed by atoms with Crippen LogP contribution in [0.5, 0.6) is 0 Å². The molecule has 0 radical (unpaired) electrons. The highest BCUT2D eigenvalue weighted by Crippen LogP contribution is 2.15. The van der Waals surface area contributed by atoms with Crippen molar-refractivity contribution in [2.24, 2.45) is 0 Å². The average Bonchev–Trinajstić information content (AvgIpc) is 1.76. The van der Waals surface area contributed by atoms with Gasteiger partial charge < -0.3 is 0 Å².